The number of morpholine rings is 1. The standard InChI is InChI=1S/C12H23N5O/c1-12(2,17-4-6-18-7-5-17)10-13-8-11-9-16(3)15-14-11/h9,13H,4-8,10H2,1-3H3. The lowest BCUT2D eigenvalue weighted by atomic mass is 10.0. The fraction of sp³-hybridized carbons (Fsp3) is 0.833. The van der Waals surface area contributed by atoms with E-state index in [4.69, 9.17) is 4.74 Å². The Labute approximate surface area is 108 Å². The lowest BCUT2D eigenvalue weighted by Gasteiger charge is -2.41. The van der Waals surface area contributed by atoms with E-state index in [1.807, 2.05) is 13.2 Å². The van der Waals surface area contributed by atoms with Gasteiger partial charge in [-0.2, -0.15) is 0 Å². The van der Waals surface area contributed by atoms with Gasteiger partial charge in [-0.25, -0.2) is 0 Å². The first-order valence-electron chi connectivity index (χ1n) is 6.47. The largest absolute Gasteiger partial charge is 0.379 e. The molecule has 1 N–H and O–H groups in total. The summed E-state index contributed by atoms with van der Waals surface area (Å²) >= 11 is 0. The van der Waals surface area contributed by atoms with E-state index < -0.39 is 0 Å². The van der Waals surface area contributed by atoms with Gasteiger partial charge in [-0.15, -0.1) is 5.10 Å². The summed E-state index contributed by atoms with van der Waals surface area (Å²) in [7, 11) is 1.88. The molecule has 1 fully saturated rings. The van der Waals surface area contributed by atoms with Crippen molar-refractivity contribution in [1.29, 1.82) is 0 Å². The van der Waals surface area contributed by atoms with Crippen molar-refractivity contribution in [2.24, 2.45) is 7.05 Å². The van der Waals surface area contributed by atoms with E-state index in [1.54, 1.807) is 4.68 Å². The molecule has 0 saturated carbocycles. The Kier molecular flexibility index (Phi) is 4.31. The number of hydrogen-bond acceptors (Lipinski definition) is 5. The molecule has 1 saturated heterocycles. The molecule has 2 rings (SSSR count). The summed E-state index contributed by atoms with van der Waals surface area (Å²) in [6.45, 7) is 9.94. The van der Waals surface area contributed by atoms with Crippen LogP contribution in [0.5, 0.6) is 0 Å². The molecular weight excluding hydrogens is 230 g/mol. The third-order valence-electron chi connectivity index (χ3n) is 3.38. The highest BCUT2D eigenvalue weighted by Gasteiger charge is 2.27. The van der Waals surface area contributed by atoms with Crippen molar-refractivity contribution in [2.75, 3.05) is 32.8 Å². The highest BCUT2D eigenvalue weighted by atomic mass is 16.5. The zero-order valence-electron chi connectivity index (χ0n) is 11.5. The van der Waals surface area contributed by atoms with Crippen molar-refractivity contribution in [3.8, 4) is 0 Å². The first kappa shape index (κ1) is 13.5. The maximum absolute atomic E-state index is 5.39. The number of ether oxygens (including phenoxy) is 1. The van der Waals surface area contributed by atoms with Crippen molar-refractivity contribution in [1.82, 2.24) is 25.2 Å². The molecule has 1 aliphatic rings. The van der Waals surface area contributed by atoms with E-state index >= 15 is 0 Å². The van der Waals surface area contributed by atoms with E-state index in [0.717, 1.165) is 45.1 Å². The summed E-state index contributed by atoms with van der Waals surface area (Å²) in [5.74, 6) is 0. The van der Waals surface area contributed by atoms with Crippen molar-refractivity contribution < 1.29 is 4.74 Å². The monoisotopic (exact) mass is 253 g/mol. The molecule has 6 heteroatoms. The quantitative estimate of drug-likeness (QED) is 0.801. The zero-order valence-corrected chi connectivity index (χ0v) is 11.5. The summed E-state index contributed by atoms with van der Waals surface area (Å²) in [5, 5.41) is 11.4. The third kappa shape index (κ3) is 3.51. The van der Waals surface area contributed by atoms with Crippen molar-refractivity contribution in [2.45, 2.75) is 25.9 Å². The van der Waals surface area contributed by atoms with Crippen molar-refractivity contribution in [3.05, 3.63) is 11.9 Å². The van der Waals surface area contributed by atoms with Crippen LogP contribution in [0.3, 0.4) is 0 Å². The van der Waals surface area contributed by atoms with Crippen LogP contribution in [-0.2, 0) is 18.3 Å². The molecule has 0 radical (unpaired) electrons. The second-order valence-electron chi connectivity index (χ2n) is 5.40. The highest BCUT2D eigenvalue weighted by molar-refractivity contribution is 4.92. The molecule has 0 aromatic carbocycles. The topological polar surface area (TPSA) is 55.2 Å². The van der Waals surface area contributed by atoms with Crippen LogP contribution in [0.25, 0.3) is 0 Å². The highest BCUT2D eigenvalue weighted by Crippen LogP contribution is 2.15. The van der Waals surface area contributed by atoms with Crippen LogP contribution in [0.4, 0.5) is 0 Å². The Morgan fingerprint density at radius 2 is 2.11 bits per heavy atom. The van der Waals surface area contributed by atoms with Gasteiger partial charge in [0, 0.05) is 45.0 Å². The van der Waals surface area contributed by atoms with Crippen LogP contribution in [0.2, 0.25) is 0 Å². The average molecular weight is 253 g/mol. The first-order valence-corrected chi connectivity index (χ1v) is 6.47. The fourth-order valence-corrected chi connectivity index (χ4v) is 2.25. The first-order chi connectivity index (χ1) is 8.58. The van der Waals surface area contributed by atoms with Crippen LogP contribution in [-0.4, -0.2) is 58.3 Å². The summed E-state index contributed by atoms with van der Waals surface area (Å²) in [6, 6.07) is 0. The SMILES string of the molecule is Cn1cc(CNCC(C)(C)N2CCOCC2)nn1. The van der Waals surface area contributed by atoms with Gasteiger partial charge in [0.2, 0.25) is 0 Å². The Balaban J connectivity index is 1.77. The van der Waals surface area contributed by atoms with E-state index in [1.165, 1.54) is 0 Å². The molecule has 0 bridgehead atoms. The minimum Gasteiger partial charge on any atom is -0.379 e. The van der Waals surface area contributed by atoms with Gasteiger partial charge >= 0.3 is 0 Å². The number of hydrogen-bond donors (Lipinski definition) is 1. The lowest BCUT2D eigenvalue weighted by Crippen LogP contribution is -2.54. The molecule has 6 nitrogen and oxygen atoms in total. The van der Waals surface area contributed by atoms with E-state index in [2.05, 4.69) is 34.4 Å². The normalized spacial score (nSPS) is 18.2. The fourth-order valence-electron chi connectivity index (χ4n) is 2.25. The van der Waals surface area contributed by atoms with Gasteiger partial charge in [0.15, 0.2) is 0 Å². The smallest absolute Gasteiger partial charge is 0.0964 e. The number of aryl methyl sites for hydroxylation is 1. The van der Waals surface area contributed by atoms with Crippen LogP contribution < -0.4 is 5.32 Å². The Morgan fingerprint density at radius 1 is 1.39 bits per heavy atom. The lowest BCUT2D eigenvalue weighted by molar-refractivity contribution is -0.00968. The summed E-state index contributed by atoms with van der Waals surface area (Å²) in [4.78, 5) is 2.47. The molecule has 0 spiro atoms. The summed E-state index contributed by atoms with van der Waals surface area (Å²) in [5.41, 5.74) is 1.13. The second kappa shape index (κ2) is 5.77. The maximum atomic E-state index is 5.39. The summed E-state index contributed by atoms with van der Waals surface area (Å²) < 4.78 is 7.11. The van der Waals surface area contributed by atoms with Gasteiger partial charge in [-0.1, -0.05) is 5.21 Å². The van der Waals surface area contributed by atoms with Crippen LogP contribution in [0.1, 0.15) is 19.5 Å². The van der Waals surface area contributed by atoms with E-state index in [9.17, 15) is 0 Å². The molecule has 0 amide bonds. The third-order valence-corrected chi connectivity index (χ3v) is 3.38. The molecule has 102 valence electrons. The van der Waals surface area contributed by atoms with Gasteiger partial charge in [-0.05, 0) is 13.8 Å². The average Bonchev–Trinajstić information content (AvgIpc) is 2.76. The van der Waals surface area contributed by atoms with Gasteiger partial charge in [-0.3, -0.25) is 9.58 Å². The molecule has 1 aliphatic heterocycles. The molecular formula is C12H23N5O. The van der Waals surface area contributed by atoms with E-state index in [-0.39, 0.29) is 5.54 Å². The molecule has 18 heavy (non-hydrogen) atoms. The number of rotatable bonds is 5. The molecule has 0 atom stereocenters. The Bertz CT molecular complexity index is 370. The maximum Gasteiger partial charge on any atom is 0.0964 e. The number of nitrogens with one attached hydrogen (secondary N) is 1. The van der Waals surface area contributed by atoms with Gasteiger partial charge < -0.3 is 10.1 Å². The predicted octanol–water partition coefficient (Wildman–Crippen LogP) is 0.0155. The van der Waals surface area contributed by atoms with Gasteiger partial charge in [0.05, 0.1) is 18.9 Å². The molecule has 0 unspecified atom stereocenters. The molecule has 1 aromatic heterocycles. The van der Waals surface area contributed by atoms with Crippen LogP contribution in [0.15, 0.2) is 6.20 Å². The second-order valence-corrected chi connectivity index (χ2v) is 5.40. The van der Waals surface area contributed by atoms with Crippen LogP contribution in [0, 0.1) is 0 Å². The summed E-state index contributed by atoms with van der Waals surface area (Å²) in [6.07, 6.45) is 1.94. The minimum atomic E-state index is 0.145. The van der Waals surface area contributed by atoms with Gasteiger partial charge in [0.25, 0.3) is 0 Å². The predicted molar refractivity (Wildman–Crippen MR) is 69.2 cm³/mol. The van der Waals surface area contributed by atoms with Gasteiger partial charge in [0.1, 0.15) is 0 Å². The number of nitrogens with zero attached hydrogens (tertiary/aromatic N) is 4. The van der Waals surface area contributed by atoms with Crippen LogP contribution >= 0.6 is 0 Å². The minimum absolute atomic E-state index is 0.145. The molecule has 2 heterocycles. The zero-order chi connectivity index (χ0) is 13.0. The molecule has 0 aliphatic carbocycles. The molecule has 1 aromatic rings. The Morgan fingerprint density at radius 3 is 2.72 bits per heavy atom. The van der Waals surface area contributed by atoms with E-state index in [0.29, 0.717) is 0 Å². The Hall–Kier alpha value is -0.980. The number of aromatic nitrogens is 3. The van der Waals surface area contributed by atoms with Crippen molar-refractivity contribution in [3.63, 3.8) is 0 Å². The van der Waals surface area contributed by atoms with Crippen molar-refractivity contribution >= 4 is 0 Å².